The summed E-state index contributed by atoms with van der Waals surface area (Å²) in [6.45, 7) is 0. The molecular weight excluding hydrogens is 128 g/mol. The molecule has 50 valence electrons. The number of primary amides is 1. The Balaban J connectivity index is 2.37. The van der Waals surface area contributed by atoms with Crippen molar-refractivity contribution in [3.63, 3.8) is 0 Å². The Morgan fingerprint density at radius 3 is 2.20 bits per heavy atom. The minimum Gasteiger partial charge on any atom is -0.351 e. The van der Waals surface area contributed by atoms with Crippen molar-refractivity contribution in [1.82, 2.24) is 0 Å². The van der Waals surface area contributed by atoms with Crippen molar-refractivity contribution >= 4 is 17.4 Å². The Morgan fingerprint density at radius 2 is 1.80 bits per heavy atom. The first-order chi connectivity index (χ1) is 4.80. The number of nitrogens with two attached hydrogens (primary N) is 1. The zero-order valence-electron chi connectivity index (χ0n) is 5.24. The maximum absolute atomic E-state index is 10.6. The van der Waals surface area contributed by atoms with Gasteiger partial charge < -0.3 is 5.73 Å². The number of anilines is 2. The normalized spacial score (nSPS) is 12.6. The second-order valence-electron chi connectivity index (χ2n) is 2.16. The van der Waals surface area contributed by atoms with Crippen LogP contribution in [-0.4, -0.2) is 6.03 Å². The summed E-state index contributed by atoms with van der Waals surface area (Å²) < 4.78 is 0. The number of hydrogen-bond acceptors (Lipinski definition) is 1. The molecule has 2 N–H and O–H groups in total. The molecule has 0 atom stereocenters. The highest BCUT2D eigenvalue weighted by Crippen LogP contribution is 2.46. The van der Waals surface area contributed by atoms with E-state index >= 15 is 0 Å². The monoisotopic (exact) mass is 134 g/mol. The highest BCUT2D eigenvalue weighted by atomic mass is 16.2. The molecular formula is C7H6N2O. The molecule has 1 heterocycles. The number of rotatable bonds is 0. The Bertz CT molecular complexity index is 272. The van der Waals surface area contributed by atoms with Crippen LogP contribution >= 0.6 is 0 Å². The molecule has 1 aliphatic heterocycles. The van der Waals surface area contributed by atoms with Gasteiger partial charge in [0.05, 0.1) is 11.4 Å². The Hall–Kier alpha value is -1.51. The van der Waals surface area contributed by atoms with E-state index in [0.29, 0.717) is 0 Å². The van der Waals surface area contributed by atoms with Gasteiger partial charge in [-0.15, -0.1) is 0 Å². The van der Waals surface area contributed by atoms with E-state index in [9.17, 15) is 4.79 Å². The molecule has 1 aromatic rings. The fourth-order valence-electron chi connectivity index (χ4n) is 1.04. The molecule has 0 saturated carbocycles. The highest BCUT2D eigenvalue weighted by Gasteiger charge is 2.32. The van der Waals surface area contributed by atoms with E-state index in [1.807, 2.05) is 24.3 Å². The van der Waals surface area contributed by atoms with Gasteiger partial charge in [0.25, 0.3) is 0 Å². The first-order valence-electron chi connectivity index (χ1n) is 2.99. The van der Waals surface area contributed by atoms with Crippen LogP contribution in [0.5, 0.6) is 0 Å². The lowest BCUT2D eigenvalue weighted by Crippen LogP contribution is -2.20. The van der Waals surface area contributed by atoms with E-state index < -0.39 is 6.03 Å². The quantitative estimate of drug-likeness (QED) is 0.532. The van der Waals surface area contributed by atoms with Gasteiger partial charge in [0.1, 0.15) is 0 Å². The first kappa shape index (κ1) is 5.29. The van der Waals surface area contributed by atoms with Crippen molar-refractivity contribution in [2.24, 2.45) is 5.73 Å². The lowest BCUT2D eigenvalue weighted by molar-refractivity contribution is 0.257. The molecule has 2 amide bonds. The molecule has 10 heavy (non-hydrogen) atoms. The summed E-state index contributed by atoms with van der Waals surface area (Å²) in [7, 11) is 0. The molecule has 0 radical (unpaired) electrons. The molecule has 3 nitrogen and oxygen atoms in total. The third-order valence-electron chi connectivity index (χ3n) is 1.53. The van der Waals surface area contributed by atoms with Gasteiger partial charge in [0.15, 0.2) is 0 Å². The standard InChI is InChI=1S/C7H6N2O/c8-7(10)9-5-3-1-2-4-6(5)9/h1-4H,(H2,8,10). The highest BCUT2D eigenvalue weighted by molar-refractivity contribution is 6.14. The van der Waals surface area contributed by atoms with Crippen molar-refractivity contribution in [2.45, 2.75) is 0 Å². The molecule has 3 heteroatoms. The third kappa shape index (κ3) is 0.515. The summed E-state index contributed by atoms with van der Waals surface area (Å²) in [6.07, 6.45) is 0. The van der Waals surface area contributed by atoms with Crippen molar-refractivity contribution in [2.75, 3.05) is 4.90 Å². The van der Waals surface area contributed by atoms with E-state index in [4.69, 9.17) is 5.73 Å². The van der Waals surface area contributed by atoms with Crippen molar-refractivity contribution < 1.29 is 4.79 Å². The van der Waals surface area contributed by atoms with Gasteiger partial charge in [-0.25, -0.2) is 4.79 Å². The summed E-state index contributed by atoms with van der Waals surface area (Å²) in [5.74, 6) is 0. The zero-order valence-corrected chi connectivity index (χ0v) is 5.24. The van der Waals surface area contributed by atoms with Gasteiger partial charge in [0.2, 0.25) is 0 Å². The summed E-state index contributed by atoms with van der Waals surface area (Å²) >= 11 is 0. The van der Waals surface area contributed by atoms with Crippen LogP contribution in [-0.2, 0) is 0 Å². The largest absolute Gasteiger partial charge is 0.351 e. The second-order valence-corrected chi connectivity index (χ2v) is 2.16. The van der Waals surface area contributed by atoms with Crippen LogP contribution in [0.25, 0.3) is 0 Å². The number of benzene rings is 1. The number of carbonyl (C=O) groups excluding carboxylic acids is 1. The number of fused-ring (bicyclic) bond motifs is 1. The second kappa shape index (κ2) is 1.50. The van der Waals surface area contributed by atoms with Crippen molar-refractivity contribution in [3.05, 3.63) is 24.3 Å². The predicted octanol–water partition coefficient (Wildman–Crippen LogP) is 1.22. The minimum atomic E-state index is -0.402. The van der Waals surface area contributed by atoms with Crippen LogP contribution in [0.15, 0.2) is 24.3 Å². The van der Waals surface area contributed by atoms with E-state index in [2.05, 4.69) is 0 Å². The SMILES string of the molecule is NC(=O)N1c2ccccc21. The topological polar surface area (TPSA) is 46.1 Å². The van der Waals surface area contributed by atoms with Gasteiger partial charge in [0, 0.05) is 0 Å². The van der Waals surface area contributed by atoms with Crippen LogP contribution in [0.2, 0.25) is 0 Å². The summed E-state index contributed by atoms with van der Waals surface area (Å²) in [5.41, 5.74) is 6.89. The molecule has 1 aliphatic rings. The summed E-state index contributed by atoms with van der Waals surface area (Å²) in [6, 6.07) is 7.07. The smallest absolute Gasteiger partial charge is 0.324 e. The van der Waals surface area contributed by atoms with Crippen LogP contribution in [0.4, 0.5) is 16.2 Å². The molecule has 0 fully saturated rings. The molecule has 2 rings (SSSR count). The van der Waals surface area contributed by atoms with Crippen LogP contribution in [0, 0.1) is 0 Å². The minimum absolute atomic E-state index is 0.402. The molecule has 0 aliphatic carbocycles. The average molecular weight is 134 g/mol. The first-order valence-corrected chi connectivity index (χ1v) is 2.99. The molecule has 1 aromatic carbocycles. The maximum atomic E-state index is 10.6. The van der Waals surface area contributed by atoms with Crippen LogP contribution < -0.4 is 10.6 Å². The summed E-state index contributed by atoms with van der Waals surface area (Å²) in [5, 5.41) is 0. The van der Waals surface area contributed by atoms with Crippen LogP contribution in [0.3, 0.4) is 0 Å². The van der Waals surface area contributed by atoms with Gasteiger partial charge in [-0.3, -0.25) is 4.90 Å². The van der Waals surface area contributed by atoms with Crippen LogP contribution in [0.1, 0.15) is 0 Å². The van der Waals surface area contributed by atoms with Gasteiger partial charge in [-0.1, -0.05) is 12.1 Å². The van der Waals surface area contributed by atoms with E-state index in [0.717, 1.165) is 11.4 Å². The molecule has 0 saturated heterocycles. The number of hydrogen-bond donors (Lipinski definition) is 1. The van der Waals surface area contributed by atoms with E-state index in [1.165, 1.54) is 4.90 Å². The number of nitrogens with zero attached hydrogens (tertiary/aromatic N) is 1. The molecule has 0 bridgehead atoms. The van der Waals surface area contributed by atoms with Crippen molar-refractivity contribution in [3.8, 4) is 0 Å². The Morgan fingerprint density at radius 1 is 1.30 bits per heavy atom. The van der Waals surface area contributed by atoms with Gasteiger partial charge in [-0.2, -0.15) is 0 Å². The maximum Gasteiger partial charge on any atom is 0.324 e. The van der Waals surface area contributed by atoms with E-state index in [1.54, 1.807) is 0 Å². The third-order valence-corrected chi connectivity index (χ3v) is 1.53. The number of amides is 2. The fourth-order valence-corrected chi connectivity index (χ4v) is 1.04. The molecule has 0 spiro atoms. The van der Waals surface area contributed by atoms with Gasteiger partial charge in [-0.05, 0) is 12.1 Å². The summed E-state index contributed by atoms with van der Waals surface area (Å²) in [4.78, 5) is 12.0. The Kier molecular flexibility index (Phi) is 0.795. The average Bonchev–Trinajstić information content (AvgIpc) is 2.60. The molecule has 0 unspecified atom stereocenters. The predicted molar refractivity (Wildman–Crippen MR) is 38.2 cm³/mol. The lowest BCUT2D eigenvalue weighted by atomic mass is 10.4. The number of urea groups is 1. The molecule has 0 aromatic heterocycles. The fraction of sp³-hybridized carbons (Fsp3) is 0. The zero-order chi connectivity index (χ0) is 7.14. The van der Waals surface area contributed by atoms with E-state index in [-0.39, 0.29) is 0 Å². The van der Waals surface area contributed by atoms with Gasteiger partial charge >= 0.3 is 6.03 Å². The van der Waals surface area contributed by atoms with Crippen molar-refractivity contribution in [1.29, 1.82) is 0 Å². The Labute approximate surface area is 58.1 Å². The lowest BCUT2D eigenvalue weighted by Gasteiger charge is -1.89. The number of carbonyl (C=O) groups is 1. The number of para-hydroxylation sites is 2.